The number of ether oxygens (including phenoxy) is 2. The zero-order chi connectivity index (χ0) is 28.7. The number of amides is 2. The van der Waals surface area contributed by atoms with Gasteiger partial charge in [0.2, 0.25) is 0 Å². The third-order valence-electron chi connectivity index (χ3n) is 5.60. The number of rotatable bonds is 5. The molecule has 0 N–H and O–H groups in total. The molecule has 3 heterocycles. The first kappa shape index (κ1) is 30.0. The smallest absolute Gasteiger partial charge is 0.415 e. The minimum atomic E-state index is -0.751. The Labute approximate surface area is 252 Å². The average Bonchev–Trinajstić information content (AvgIpc) is 3.39. The van der Waals surface area contributed by atoms with E-state index in [9.17, 15) is 14.4 Å². The number of Topliss-reactive ketones (excluding diaryl/α,β-unsaturated/α-hetero) is 1. The van der Waals surface area contributed by atoms with Crippen LogP contribution >= 0.6 is 54.5 Å². The summed E-state index contributed by atoms with van der Waals surface area (Å²) in [6.07, 6.45) is -0.424. The van der Waals surface area contributed by atoms with Gasteiger partial charge < -0.3 is 14.4 Å². The van der Waals surface area contributed by atoms with Gasteiger partial charge >= 0.3 is 12.2 Å². The maximum absolute atomic E-state index is 13.5. The minimum Gasteiger partial charge on any atom is -0.444 e. The Morgan fingerprint density at radius 3 is 2.41 bits per heavy atom. The first-order valence-electron chi connectivity index (χ1n) is 12.4. The van der Waals surface area contributed by atoms with Crippen LogP contribution in [0.5, 0.6) is 0 Å². The number of halogens is 2. The lowest BCUT2D eigenvalue weighted by Crippen LogP contribution is -2.40. The molecule has 12 heteroatoms. The van der Waals surface area contributed by atoms with Crippen LogP contribution in [0.3, 0.4) is 0 Å². The largest absolute Gasteiger partial charge is 0.444 e. The molecule has 39 heavy (non-hydrogen) atoms. The summed E-state index contributed by atoms with van der Waals surface area (Å²) >= 11 is 9.67. The molecular formula is C27H31Br2N3O5S2. The maximum Gasteiger partial charge on any atom is 0.415 e. The van der Waals surface area contributed by atoms with E-state index in [0.29, 0.717) is 24.5 Å². The molecule has 4 rings (SSSR count). The lowest BCUT2D eigenvalue weighted by atomic mass is 10.0. The summed E-state index contributed by atoms with van der Waals surface area (Å²) in [6.45, 7) is 11.5. The van der Waals surface area contributed by atoms with Crippen LogP contribution < -0.4 is 4.90 Å². The number of anilines is 1. The SMILES string of the molecule is CC(C)(C)OC(=O)N1CCc2c(sc(N(CC(=O)CBr)C(=O)OC(C)(C)C)c2-c2nc3ccc(Br)cc3s2)C1. The second kappa shape index (κ2) is 11.5. The van der Waals surface area contributed by atoms with Gasteiger partial charge in [-0.25, -0.2) is 14.6 Å². The highest BCUT2D eigenvalue weighted by molar-refractivity contribution is 9.10. The monoisotopic (exact) mass is 699 g/mol. The fraction of sp³-hybridized carbons (Fsp3) is 0.481. The third kappa shape index (κ3) is 7.20. The Balaban J connectivity index is 1.85. The predicted molar refractivity (Wildman–Crippen MR) is 163 cm³/mol. The fourth-order valence-electron chi connectivity index (χ4n) is 4.04. The zero-order valence-corrected chi connectivity index (χ0v) is 27.5. The number of carbonyl (C=O) groups excluding carboxylic acids is 3. The van der Waals surface area contributed by atoms with E-state index in [-0.39, 0.29) is 23.8 Å². The van der Waals surface area contributed by atoms with E-state index in [1.165, 1.54) is 27.6 Å². The van der Waals surface area contributed by atoms with Crippen molar-refractivity contribution < 1.29 is 23.9 Å². The Kier molecular flexibility index (Phi) is 8.80. The second-order valence-corrected chi connectivity index (χ2v) is 14.8. The molecule has 1 aliphatic heterocycles. The van der Waals surface area contributed by atoms with Crippen molar-refractivity contribution in [1.29, 1.82) is 0 Å². The maximum atomic E-state index is 13.5. The number of hydrogen-bond donors (Lipinski definition) is 0. The van der Waals surface area contributed by atoms with Crippen molar-refractivity contribution in [3.05, 3.63) is 33.1 Å². The average molecular weight is 702 g/mol. The van der Waals surface area contributed by atoms with E-state index in [2.05, 4.69) is 31.9 Å². The number of carbonyl (C=O) groups is 3. The number of ketones is 1. The summed E-state index contributed by atoms with van der Waals surface area (Å²) in [6, 6.07) is 5.90. The predicted octanol–water partition coefficient (Wildman–Crippen LogP) is 7.79. The molecule has 8 nitrogen and oxygen atoms in total. The summed E-state index contributed by atoms with van der Waals surface area (Å²) in [5.74, 6) is -0.165. The van der Waals surface area contributed by atoms with Crippen LogP contribution in [-0.2, 0) is 27.2 Å². The minimum absolute atomic E-state index is 0.105. The number of hydrogen-bond acceptors (Lipinski definition) is 8. The van der Waals surface area contributed by atoms with Crippen LogP contribution in [0.25, 0.3) is 20.8 Å². The summed E-state index contributed by atoms with van der Waals surface area (Å²) < 4.78 is 13.3. The zero-order valence-electron chi connectivity index (χ0n) is 22.7. The molecule has 210 valence electrons. The van der Waals surface area contributed by atoms with Crippen molar-refractivity contribution in [2.45, 2.75) is 65.7 Å². The van der Waals surface area contributed by atoms with Gasteiger partial charge in [0, 0.05) is 21.5 Å². The molecular weight excluding hydrogens is 670 g/mol. The lowest BCUT2D eigenvalue weighted by Gasteiger charge is -2.30. The van der Waals surface area contributed by atoms with E-state index in [1.807, 2.05) is 39.0 Å². The van der Waals surface area contributed by atoms with Gasteiger partial charge in [-0.15, -0.1) is 22.7 Å². The van der Waals surface area contributed by atoms with Crippen LogP contribution in [-0.4, -0.2) is 57.5 Å². The molecule has 1 aromatic carbocycles. The van der Waals surface area contributed by atoms with Crippen molar-refractivity contribution in [3.63, 3.8) is 0 Å². The highest BCUT2D eigenvalue weighted by Crippen LogP contribution is 2.48. The fourth-order valence-corrected chi connectivity index (χ4v) is 7.23. The molecule has 0 radical (unpaired) electrons. The van der Waals surface area contributed by atoms with E-state index >= 15 is 0 Å². The van der Waals surface area contributed by atoms with Crippen molar-refractivity contribution in [3.8, 4) is 10.6 Å². The van der Waals surface area contributed by atoms with Crippen molar-refractivity contribution in [2.24, 2.45) is 0 Å². The van der Waals surface area contributed by atoms with Gasteiger partial charge in [-0.2, -0.15) is 0 Å². The van der Waals surface area contributed by atoms with Crippen LogP contribution in [0.4, 0.5) is 14.6 Å². The number of aromatic nitrogens is 1. The van der Waals surface area contributed by atoms with E-state index in [1.54, 1.807) is 25.7 Å². The van der Waals surface area contributed by atoms with Gasteiger partial charge in [0.15, 0.2) is 5.78 Å². The molecule has 2 amide bonds. The highest BCUT2D eigenvalue weighted by Gasteiger charge is 2.35. The lowest BCUT2D eigenvalue weighted by molar-refractivity contribution is -0.115. The highest BCUT2D eigenvalue weighted by atomic mass is 79.9. The molecule has 0 bridgehead atoms. The molecule has 2 aromatic heterocycles. The number of thiophene rings is 1. The Morgan fingerprint density at radius 1 is 1.08 bits per heavy atom. The van der Waals surface area contributed by atoms with Crippen LogP contribution in [0.15, 0.2) is 22.7 Å². The quantitative estimate of drug-likeness (QED) is 0.253. The Hall–Kier alpha value is -2.02. The summed E-state index contributed by atoms with van der Waals surface area (Å²) in [5, 5.41) is 1.45. The molecule has 0 spiro atoms. The van der Waals surface area contributed by atoms with Gasteiger partial charge in [0.25, 0.3) is 0 Å². The molecule has 3 aromatic rings. The van der Waals surface area contributed by atoms with Gasteiger partial charge in [-0.1, -0.05) is 31.9 Å². The van der Waals surface area contributed by atoms with Gasteiger partial charge in [0.05, 0.1) is 28.6 Å². The second-order valence-electron chi connectivity index (χ2n) is 11.2. The van der Waals surface area contributed by atoms with E-state index in [0.717, 1.165) is 35.7 Å². The van der Waals surface area contributed by atoms with Gasteiger partial charge in [-0.05, 0) is 71.7 Å². The van der Waals surface area contributed by atoms with Crippen molar-refractivity contribution >= 4 is 87.7 Å². The Bertz CT molecular complexity index is 1420. The number of fused-ring (bicyclic) bond motifs is 2. The topological polar surface area (TPSA) is 89.0 Å². The molecule has 0 saturated carbocycles. The van der Waals surface area contributed by atoms with Crippen LogP contribution in [0.2, 0.25) is 0 Å². The van der Waals surface area contributed by atoms with Gasteiger partial charge in [0.1, 0.15) is 21.2 Å². The first-order chi connectivity index (χ1) is 18.1. The van der Waals surface area contributed by atoms with Crippen molar-refractivity contribution in [2.75, 3.05) is 23.3 Å². The molecule has 0 fully saturated rings. The molecule has 0 unspecified atom stereocenters. The van der Waals surface area contributed by atoms with E-state index in [4.69, 9.17) is 14.5 Å². The van der Waals surface area contributed by atoms with Crippen molar-refractivity contribution in [1.82, 2.24) is 9.88 Å². The molecule has 0 aliphatic carbocycles. The number of alkyl halides is 1. The molecule has 1 aliphatic rings. The molecule has 0 atom stereocenters. The standard InChI is InChI=1S/C27H31Br2N3O5S2/c1-26(2,3)36-24(34)31-10-9-17-20(14-31)39-23(32(13-16(33)12-28)25(35)37-27(4,5)6)21(17)22-30-18-8-7-15(29)11-19(18)38-22/h7-8,11H,9-10,12-14H2,1-6H3. The summed E-state index contributed by atoms with van der Waals surface area (Å²) in [5.41, 5.74) is 1.31. The summed E-state index contributed by atoms with van der Waals surface area (Å²) in [7, 11) is 0. The number of nitrogens with zero attached hydrogens (tertiary/aromatic N) is 3. The summed E-state index contributed by atoms with van der Waals surface area (Å²) in [4.78, 5) is 47.9. The number of thiazole rings is 1. The first-order valence-corrected chi connectivity index (χ1v) is 16.0. The van der Waals surface area contributed by atoms with Crippen LogP contribution in [0.1, 0.15) is 52.0 Å². The Morgan fingerprint density at radius 2 is 1.77 bits per heavy atom. The van der Waals surface area contributed by atoms with E-state index < -0.39 is 17.3 Å². The normalized spacial score (nSPS) is 13.8. The molecule has 0 saturated heterocycles. The van der Waals surface area contributed by atoms with Crippen LogP contribution in [0, 0.1) is 0 Å². The van der Waals surface area contributed by atoms with Gasteiger partial charge in [-0.3, -0.25) is 9.69 Å². The number of benzene rings is 1. The third-order valence-corrected chi connectivity index (χ3v) is 8.99.